The van der Waals surface area contributed by atoms with E-state index in [2.05, 4.69) is 61.0 Å². The van der Waals surface area contributed by atoms with Crippen LogP contribution in [0.1, 0.15) is 57.2 Å². The van der Waals surface area contributed by atoms with Crippen molar-refractivity contribution in [1.82, 2.24) is 9.47 Å². The van der Waals surface area contributed by atoms with E-state index < -0.39 is 0 Å². The van der Waals surface area contributed by atoms with Crippen molar-refractivity contribution in [2.24, 2.45) is 0 Å². The molecule has 1 amide bonds. The minimum absolute atomic E-state index is 0.290. The van der Waals surface area contributed by atoms with Crippen LogP contribution in [0.2, 0.25) is 0 Å². The molecular formula is C21H30N2O. The fourth-order valence-electron chi connectivity index (χ4n) is 2.85. The summed E-state index contributed by atoms with van der Waals surface area (Å²) in [5, 5.41) is 0. The van der Waals surface area contributed by atoms with Crippen LogP contribution < -0.4 is 0 Å². The summed E-state index contributed by atoms with van der Waals surface area (Å²) in [7, 11) is 0. The van der Waals surface area contributed by atoms with Crippen LogP contribution in [0.4, 0.5) is 0 Å². The number of nitrogens with zero attached hydrogens (tertiary/aromatic N) is 2. The number of carbonyl (C=O) groups is 1. The number of rotatable bonds is 10. The molecule has 3 nitrogen and oxygen atoms in total. The molecule has 0 N–H and O–H groups in total. The molecule has 0 aliphatic rings. The van der Waals surface area contributed by atoms with Crippen LogP contribution in [-0.2, 0) is 17.9 Å². The molecule has 0 unspecified atom stereocenters. The second-order valence-electron chi connectivity index (χ2n) is 6.39. The number of amides is 1. The number of benzene rings is 1. The second kappa shape index (κ2) is 9.96. The molecule has 1 heterocycles. The molecule has 130 valence electrons. The number of unbranched alkanes of at least 4 members (excludes halogenated alkanes) is 2. The standard InChI is InChI=1S/C21H30N2O/c1-3-5-14-21(24)23(15-6-4-2)18-20-13-10-16-22(20)17-19-11-8-7-9-12-19/h7-13,16H,3-6,14-15,17-18H2,1-2H3. The van der Waals surface area contributed by atoms with Crippen molar-refractivity contribution in [1.29, 1.82) is 0 Å². The van der Waals surface area contributed by atoms with Gasteiger partial charge in [-0.2, -0.15) is 0 Å². The molecule has 24 heavy (non-hydrogen) atoms. The van der Waals surface area contributed by atoms with E-state index in [1.807, 2.05) is 11.0 Å². The molecule has 3 heteroatoms. The summed E-state index contributed by atoms with van der Waals surface area (Å²) < 4.78 is 2.25. The first-order chi connectivity index (χ1) is 11.7. The zero-order chi connectivity index (χ0) is 17.2. The van der Waals surface area contributed by atoms with Gasteiger partial charge in [0.2, 0.25) is 5.91 Å². The van der Waals surface area contributed by atoms with E-state index >= 15 is 0 Å². The summed E-state index contributed by atoms with van der Waals surface area (Å²) in [5.41, 5.74) is 2.49. The maximum Gasteiger partial charge on any atom is 0.222 e. The molecule has 0 spiro atoms. The molecule has 0 fully saturated rings. The van der Waals surface area contributed by atoms with E-state index in [9.17, 15) is 4.79 Å². The summed E-state index contributed by atoms with van der Waals surface area (Å²) >= 11 is 0. The normalized spacial score (nSPS) is 10.8. The van der Waals surface area contributed by atoms with Gasteiger partial charge < -0.3 is 9.47 Å². The SMILES string of the molecule is CCCCC(=O)N(CCCC)Cc1cccn1Cc1ccccc1. The number of aromatic nitrogens is 1. The zero-order valence-corrected chi connectivity index (χ0v) is 15.1. The first-order valence-electron chi connectivity index (χ1n) is 9.20. The van der Waals surface area contributed by atoms with Gasteiger partial charge in [-0.25, -0.2) is 0 Å². The Kier molecular flexibility index (Phi) is 7.60. The lowest BCUT2D eigenvalue weighted by Gasteiger charge is -2.23. The third-order valence-electron chi connectivity index (χ3n) is 4.35. The zero-order valence-electron chi connectivity index (χ0n) is 15.1. The lowest BCUT2D eigenvalue weighted by atomic mass is 10.2. The molecule has 0 bridgehead atoms. The molecule has 2 aromatic rings. The van der Waals surface area contributed by atoms with E-state index in [0.29, 0.717) is 13.0 Å². The fourth-order valence-corrected chi connectivity index (χ4v) is 2.85. The van der Waals surface area contributed by atoms with Gasteiger partial charge in [-0.05, 0) is 30.5 Å². The lowest BCUT2D eigenvalue weighted by Crippen LogP contribution is -2.32. The van der Waals surface area contributed by atoms with Crippen LogP contribution in [-0.4, -0.2) is 21.9 Å². The molecule has 0 atom stereocenters. The maximum atomic E-state index is 12.5. The Morgan fingerprint density at radius 3 is 2.46 bits per heavy atom. The third kappa shape index (κ3) is 5.55. The van der Waals surface area contributed by atoms with Crippen LogP contribution >= 0.6 is 0 Å². The largest absolute Gasteiger partial charge is 0.345 e. The van der Waals surface area contributed by atoms with Gasteiger partial charge in [0, 0.05) is 31.4 Å². The van der Waals surface area contributed by atoms with Crippen molar-refractivity contribution in [3.63, 3.8) is 0 Å². The van der Waals surface area contributed by atoms with Crippen molar-refractivity contribution in [3.05, 3.63) is 59.9 Å². The molecule has 1 aromatic heterocycles. The second-order valence-corrected chi connectivity index (χ2v) is 6.39. The van der Waals surface area contributed by atoms with Crippen LogP contribution in [0.25, 0.3) is 0 Å². The highest BCUT2D eigenvalue weighted by molar-refractivity contribution is 5.76. The summed E-state index contributed by atoms with van der Waals surface area (Å²) in [6.45, 7) is 6.73. The van der Waals surface area contributed by atoms with Crippen LogP contribution in [0.5, 0.6) is 0 Å². The van der Waals surface area contributed by atoms with Crippen LogP contribution in [0.15, 0.2) is 48.7 Å². The smallest absolute Gasteiger partial charge is 0.222 e. The van der Waals surface area contributed by atoms with Crippen molar-refractivity contribution in [2.75, 3.05) is 6.54 Å². The van der Waals surface area contributed by atoms with Crippen LogP contribution in [0.3, 0.4) is 0 Å². The average Bonchev–Trinajstić information content (AvgIpc) is 3.04. The van der Waals surface area contributed by atoms with Crippen molar-refractivity contribution in [3.8, 4) is 0 Å². The fraction of sp³-hybridized carbons (Fsp3) is 0.476. The lowest BCUT2D eigenvalue weighted by molar-refractivity contribution is -0.132. The topological polar surface area (TPSA) is 25.2 Å². The summed E-state index contributed by atoms with van der Waals surface area (Å²) in [5.74, 6) is 0.290. The molecule has 0 saturated carbocycles. The average molecular weight is 326 g/mol. The van der Waals surface area contributed by atoms with Gasteiger partial charge in [0.25, 0.3) is 0 Å². The Bertz CT molecular complexity index is 603. The Hall–Kier alpha value is -2.03. The predicted molar refractivity (Wildman–Crippen MR) is 99.8 cm³/mol. The molecule has 2 rings (SSSR count). The first kappa shape index (κ1) is 18.3. The maximum absolute atomic E-state index is 12.5. The third-order valence-corrected chi connectivity index (χ3v) is 4.35. The van der Waals surface area contributed by atoms with Gasteiger partial charge in [-0.15, -0.1) is 0 Å². The van der Waals surface area contributed by atoms with Crippen molar-refractivity contribution < 1.29 is 4.79 Å². The summed E-state index contributed by atoms with van der Waals surface area (Å²) in [6.07, 6.45) is 7.00. The van der Waals surface area contributed by atoms with Gasteiger partial charge in [0.1, 0.15) is 0 Å². The quantitative estimate of drug-likeness (QED) is 0.612. The summed E-state index contributed by atoms with van der Waals surface area (Å²) in [4.78, 5) is 14.6. The van der Waals surface area contributed by atoms with Crippen molar-refractivity contribution in [2.45, 2.75) is 59.0 Å². The van der Waals surface area contributed by atoms with Crippen molar-refractivity contribution >= 4 is 5.91 Å². The number of hydrogen-bond acceptors (Lipinski definition) is 1. The molecule has 0 aliphatic carbocycles. The Morgan fingerprint density at radius 2 is 1.75 bits per heavy atom. The summed E-state index contributed by atoms with van der Waals surface area (Å²) in [6, 6.07) is 14.7. The van der Waals surface area contributed by atoms with E-state index in [0.717, 1.165) is 38.8 Å². The van der Waals surface area contributed by atoms with E-state index in [4.69, 9.17) is 0 Å². The highest BCUT2D eigenvalue weighted by Gasteiger charge is 2.14. The van der Waals surface area contributed by atoms with E-state index in [1.165, 1.54) is 11.3 Å². The Labute approximate surface area is 146 Å². The Morgan fingerprint density at radius 1 is 1.00 bits per heavy atom. The minimum Gasteiger partial charge on any atom is -0.345 e. The van der Waals surface area contributed by atoms with Gasteiger partial charge in [-0.3, -0.25) is 4.79 Å². The monoisotopic (exact) mass is 326 g/mol. The predicted octanol–water partition coefficient (Wildman–Crippen LogP) is 4.86. The molecule has 1 aromatic carbocycles. The number of carbonyl (C=O) groups excluding carboxylic acids is 1. The Balaban J connectivity index is 2.05. The van der Waals surface area contributed by atoms with Gasteiger partial charge in [0.15, 0.2) is 0 Å². The molecule has 0 radical (unpaired) electrons. The van der Waals surface area contributed by atoms with Gasteiger partial charge in [0.05, 0.1) is 6.54 Å². The highest BCUT2D eigenvalue weighted by Crippen LogP contribution is 2.13. The molecule has 0 saturated heterocycles. The van der Waals surface area contributed by atoms with E-state index in [-0.39, 0.29) is 5.91 Å². The molecule has 0 aliphatic heterocycles. The van der Waals surface area contributed by atoms with E-state index in [1.54, 1.807) is 0 Å². The minimum atomic E-state index is 0.290. The van der Waals surface area contributed by atoms with Gasteiger partial charge in [-0.1, -0.05) is 57.0 Å². The first-order valence-corrected chi connectivity index (χ1v) is 9.20. The molecular weight excluding hydrogens is 296 g/mol. The number of hydrogen-bond donors (Lipinski definition) is 0. The highest BCUT2D eigenvalue weighted by atomic mass is 16.2. The van der Waals surface area contributed by atoms with Crippen LogP contribution in [0, 0.1) is 0 Å². The van der Waals surface area contributed by atoms with Gasteiger partial charge >= 0.3 is 0 Å².